The zero-order valence-corrected chi connectivity index (χ0v) is 9.49. The van der Waals surface area contributed by atoms with Crippen LogP contribution in [0.4, 0.5) is 10.5 Å². The summed E-state index contributed by atoms with van der Waals surface area (Å²) in [6.45, 7) is 1.81. The Balaban J connectivity index is 2.76. The second-order valence-electron chi connectivity index (χ2n) is 3.58. The van der Waals surface area contributed by atoms with Gasteiger partial charge in [-0.05, 0) is 18.6 Å². The van der Waals surface area contributed by atoms with Crippen LogP contribution in [0.5, 0.6) is 0 Å². The van der Waals surface area contributed by atoms with Crippen LogP contribution in [0.2, 0.25) is 0 Å². The molecule has 18 heavy (non-hydrogen) atoms. The highest BCUT2D eigenvalue weighted by molar-refractivity contribution is 5.89. The van der Waals surface area contributed by atoms with Crippen molar-refractivity contribution in [3.05, 3.63) is 40.4 Å². The molecular formula is C10H10N6O2. The van der Waals surface area contributed by atoms with Gasteiger partial charge in [-0.15, -0.1) is 0 Å². The molecule has 0 saturated heterocycles. The van der Waals surface area contributed by atoms with Crippen LogP contribution in [0.15, 0.2) is 34.5 Å². The van der Waals surface area contributed by atoms with E-state index < -0.39 is 11.6 Å². The quantitative estimate of drug-likeness (QED) is 0.603. The first-order valence-electron chi connectivity index (χ1n) is 5.00. The molecular weight excluding hydrogens is 236 g/mol. The monoisotopic (exact) mass is 246 g/mol. The van der Waals surface area contributed by atoms with Gasteiger partial charge in [-0.3, -0.25) is 9.20 Å². The van der Waals surface area contributed by atoms with Crippen LogP contribution in [0.1, 0.15) is 5.56 Å². The van der Waals surface area contributed by atoms with E-state index in [0.29, 0.717) is 10.7 Å². The van der Waals surface area contributed by atoms with Crippen LogP contribution >= 0.6 is 0 Å². The van der Waals surface area contributed by atoms with Crippen LogP contribution in [-0.2, 0) is 0 Å². The zero-order valence-electron chi connectivity index (χ0n) is 9.49. The van der Waals surface area contributed by atoms with E-state index in [2.05, 4.69) is 10.2 Å². The number of carbonyl (C=O) groups excluding carboxylic acids is 1. The molecule has 0 saturated carbocycles. The number of carbonyl (C=O) groups is 1. The molecule has 2 rings (SSSR count). The number of nitrogens with two attached hydrogens (primary N) is 1. The molecule has 0 unspecified atom stereocenters. The van der Waals surface area contributed by atoms with E-state index in [0.717, 1.165) is 5.56 Å². The number of aryl methyl sites for hydroxylation is 1. The Bertz CT molecular complexity index is 692. The Morgan fingerprint density at radius 2 is 2.33 bits per heavy atom. The summed E-state index contributed by atoms with van der Waals surface area (Å²) < 4.78 is 1.27. The first-order chi connectivity index (χ1) is 8.56. The van der Waals surface area contributed by atoms with Gasteiger partial charge in [0.15, 0.2) is 5.69 Å². The number of primary amides is 1. The number of fused-ring (bicyclic) bond motifs is 1. The van der Waals surface area contributed by atoms with Gasteiger partial charge in [0.1, 0.15) is 5.65 Å². The minimum atomic E-state index is -1.02. The van der Waals surface area contributed by atoms with E-state index in [9.17, 15) is 9.59 Å². The number of rotatable bonds is 2. The van der Waals surface area contributed by atoms with Gasteiger partial charge in [-0.2, -0.15) is 10.5 Å². The summed E-state index contributed by atoms with van der Waals surface area (Å²) >= 11 is 0. The van der Waals surface area contributed by atoms with Crippen molar-refractivity contribution < 1.29 is 4.79 Å². The molecule has 0 aromatic carbocycles. The molecule has 2 aromatic rings. The minimum Gasteiger partial charge on any atom is -0.350 e. The third-order valence-corrected chi connectivity index (χ3v) is 2.45. The highest BCUT2D eigenvalue weighted by atomic mass is 16.2. The van der Waals surface area contributed by atoms with Crippen molar-refractivity contribution in [3.8, 4) is 0 Å². The van der Waals surface area contributed by atoms with Gasteiger partial charge < -0.3 is 5.73 Å². The van der Waals surface area contributed by atoms with Crippen molar-refractivity contribution in [1.29, 1.82) is 5.53 Å². The van der Waals surface area contributed by atoms with Crippen LogP contribution in [0.3, 0.4) is 0 Å². The fraction of sp³-hybridized carbons (Fsp3) is 0.100. The van der Waals surface area contributed by atoms with Crippen molar-refractivity contribution in [3.63, 3.8) is 0 Å². The van der Waals surface area contributed by atoms with Gasteiger partial charge in [0, 0.05) is 6.20 Å². The first kappa shape index (κ1) is 11.7. The Morgan fingerprint density at radius 1 is 1.61 bits per heavy atom. The summed E-state index contributed by atoms with van der Waals surface area (Å²) in [5.74, 6) is 0. The van der Waals surface area contributed by atoms with Gasteiger partial charge >= 0.3 is 6.03 Å². The number of hydrogen-bond donors (Lipinski definition) is 2. The molecule has 0 aliphatic rings. The minimum absolute atomic E-state index is 0.166. The maximum atomic E-state index is 12.1. The third kappa shape index (κ3) is 1.69. The van der Waals surface area contributed by atoms with E-state index in [1.807, 2.05) is 13.0 Å². The number of pyridine rings is 1. The lowest BCUT2D eigenvalue weighted by atomic mass is 10.3. The maximum absolute atomic E-state index is 12.1. The SMILES string of the molecule is Cc1cccn2c(=O)c(N(N=N)C(N)=O)cnc12. The number of nitrogens with zero attached hydrogens (tertiary/aromatic N) is 4. The first-order valence-corrected chi connectivity index (χ1v) is 5.00. The van der Waals surface area contributed by atoms with Crippen LogP contribution < -0.4 is 16.3 Å². The molecule has 2 amide bonds. The molecule has 2 heterocycles. The van der Waals surface area contributed by atoms with Crippen LogP contribution in [0.25, 0.3) is 5.65 Å². The van der Waals surface area contributed by atoms with Gasteiger partial charge in [0.25, 0.3) is 5.56 Å². The van der Waals surface area contributed by atoms with E-state index in [-0.39, 0.29) is 5.69 Å². The van der Waals surface area contributed by atoms with E-state index >= 15 is 0 Å². The molecule has 0 aliphatic carbocycles. The molecule has 0 radical (unpaired) electrons. The number of amides is 2. The molecule has 0 atom stereocenters. The number of urea groups is 1. The normalized spacial score (nSPS) is 10.3. The van der Waals surface area contributed by atoms with Gasteiger partial charge in [-0.1, -0.05) is 11.3 Å². The Morgan fingerprint density at radius 3 is 2.94 bits per heavy atom. The second kappa shape index (κ2) is 4.24. The summed E-state index contributed by atoms with van der Waals surface area (Å²) in [5, 5.41) is 3.39. The topological polar surface area (TPSA) is 117 Å². The average molecular weight is 246 g/mol. The highest BCUT2D eigenvalue weighted by Gasteiger charge is 2.17. The van der Waals surface area contributed by atoms with E-state index in [4.69, 9.17) is 11.3 Å². The largest absolute Gasteiger partial charge is 0.350 e. The fourth-order valence-corrected chi connectivity index (χ4v) is 1.60. The van der Waals surface area contributed by atoms with Crippen LogP contribution in [-0.4, -0.2) is 15.4 Å². The van der Waals surface area contributed by atoms with Gasteiger partial charge in [-0.25, -0.2) is 9.78 Å². The van der Waals surface area contributed by atoms with Crippen molar-refractivity contribution >= 4 is 17.4 Å². The summed E-state index contributed by atoms with van der Waals surface area (Å²) in [6, 6.07) is 2.47. The lowest BCUT2D eigenvalue weighted by Gasteiger charge is -2.12. The van der Waals surface area contributed by atoms with Crippen LogP contribution in [0, 0.1) is 12.5 Å². The molecule has 8 nitrogen and oxygen atoms in total. The summed E-state index contributed by atoms with van der Waals surface area (Å²) in [7, 11) is 0. The molecule has 2 aromatic heterocycles. The smallest absolute Gasteiger partial charge is 0.341 e. The third-order valence-electron chi connectivity index (χ3n) is 2.45. The number of anilines is 1. The summed E-state index contributed by atoms with van der Waals surface area (Å²) in [5.41, 5.74) is 12.5. The van der Waals surface area contributed by atoms with E-state index in [1.165, 1.54) is 16.8 Å². The predicted molar refractivity (Wildman–Crippen MR) is 63.4 cm³/mol. The van der Waals surface area contributed by atoms with Gasteiger partial charge in [0.05, 0.1) is 6.20 Å². The zero-order chi connectivity index (χ0) is 13.3. The lowest BCUT2D eigenvalue weighted by molar-refractivity contribution is 0.253. The molecule has 0 fully saturated rings. The van der Waals surface area contributed by atoms with Crippen molar-refractivity contribution in [2.24, 2.45) is 11.0 Å². The van der Waals surface area contributed by atoms with Crippen molar-refractivity contribution in [1.82, 2.24) is 9.38 Å². The second-order valence-corrected chi connectivity index (χ2v) is 3.58. The Hall–Kier alpha value is -2.77. The molecule has 0 bridgehead atoms. The molecule has 8 heteroatoms. The molecule has 0 aliphatic heterocycles. The predicted octanol–water partition coefficient (Wildman–Crippen LogP) is 0.834. The Labute approximate surface area is 101 Å². The fourth-order valence-electron chi connectivity index (χ4n) is 1.60. The average Bonchev–Trinajstić information content (AvgIpc) is 2.33. The molecule has 92 valence electrons. The molecule has 0 spiro atoms. The Kier molecular flexibility index (Phi) is 2.76. The number of aromatic nitrogens is 2. The maximum Gasteiger partial charge on any atom is 0.341 e. The van der Waals surface area contributed by atoms with Gasteiger partial charge in [0.2, 0.25) is 0 Å². The van der Waals surface area contributed by atoms with E-state index in [1.54, 1.807) is 6.07 Å². The standard InChI is InChI=1S/C10H10N6O2/c1-6-3-2-4-15-8(6)13-5-7(9(15)17)16(14-12)10(11)18/h2-5,12H,1H3,(H2,11,18). The molecule has 3 N–H and O–H groups in total. The highest BCUT2D eigenvalue weighted by Crippen LogP contribution is 2.10. The summed E-state index contributed by atoms with van der Waals surface area (Å²) in [6.07, 6.45) is 2.69. The summed E-state index contributed by atoms with van der Waals surface area (Å²) in [4.78, 5) is 27.2. The number of nitrogens with one attached hydrogen (secondary N) is 1. The lowest BCUT2D eigenvalue weighted by Crippen LogP contribution is -2.35. The van der Waals surface area contributed by atoms with Crippen molar-refractivity contribution in [2.75, 3.05) is 5.01 Å². The van der Waals surface area contributed by atoms with Crippen molar-refractivity contribution in [2.45, 2.75) is 6.92 Å². The number of hydrogen-bond acceptors (Lipinski definition) is 5.